The number of aryl methyl sites for hydroxylation is 1. The molecule has 0 radical (unpaired) electrons. The van der Waals surface area contributed by atoms with Crippen molar-refractivity contribution in [1.29, 1.82) is 0 Å². The molecule has 2 aromatic rings. The molecule has 122 valence electrons. The van der Waals surface area contributed by atoms with E-state index >= 15 is 0 Å². The van der Waals surface area contributed by atoms with E-state index in [1.807, 2.05) is 12.1 Å². The van der Waals surface area contributed by atoms with Crippen molar-refractivity contribution in [3.63, 3.8) is 0 Å². The van der Waals surface area contributed by atoms with Gasteiger partial charge >= 0.3 is 0 Å². The molecule has 1 aliphatic rings. The lowest BCUT2D eigenvalue weighted by Crippen LogP contribution is -2.29. The van der Waals surface area contributed by atoms with E-state index < -0.39 is 0 Å². The minimum absolute atomic E-state index is 0.184. The van der Waals surface area contributed by atoms with Crippen LogP contribution >= 0.6 is 23.2 Å². The van der Waals surface area contributed by atoms with Gasteiger partial charge in [-0.15, -0.1) is 5.10 Å². The summed E-state index contributed by atoms with van der Waals surface area (Å²) in [6, 6.07) is 5.54. The van der Waals surface area contributed by atoms with E-state index in [1.165, 1.54) is 4.68 Å². The van der Waals surface area contributed by atoms with Crippen molar-refractivity contribution in [1.82, 2.24) is 20.3 Å². The van der Waals surface area contributed by atoms with Gasteiger partial charge in [-0.2, -0.15) is 0 Å². The van der Waals surface area contributed by atoms with Crippen LogP contribution in [0.25, 0.3) is 0 Å². The third kappa shape index (κ3) is 3.34. The maximum Gasteiger partial charge on any atom is 0.271 e. The summed E-state index contributed by atoms with van der Waals surface area (Å²) in [4.78, 5) is 12.3. The topological polar surface area (TPSA) is 85.8 Å². The molecule has 0 saturated heterocycles. The second kappa shape index (κ2) is 6.47. The van der Waals surface area contributed by atoms with Gasteiger partial charge in [0, 0.05) is 30.2 Å². The average molecular weight is 354 g/mol. The fourth-order valence-electron chi connectivity index (χ4n) is 2.78. The summed E-state index contributed by atoms with van der Waals surface area (Å²) < 4.78 is 1.44. The van der Waals surface area contributed by atoms with Gasteiger partial charge < -0.3 is 11.1 Å². The fourth-order valence-corrected chi connectivity index (χ4v) is 3.33. The molecular weight excluding hydrogens is 337 g/mol. The minimum atomic E-state index is -0.203. The molecule has 0 aliphatic heterocycles. The number of nitrogens with two attached hydrogens (primary N) is 1. The lowest BCUT2D eigenvalue weighted by molar-refractivity contribution is 0.0941. The van der Waals surface area contributed by atoms with E-state index in [0.717, 1.165) is 12.0 Å². The number of nitrogens with one attached hydrogen (secondary N) is 1. The van der Waals surface area contributed by atoms with Crippen molar-refractivity contribution in [3.8, 4) is 0 Å². The molecule has 3 N–H and O–H groups in total. The zero-order valence-electron chi connectivity index (χ0n) is 12.6. The number of carbonyl (C=O) groups is 1. The zero-order chi connectivity index (χ0) is 16.6. The van der Waals surface area contributed by atoms with Crippen LogP contribution in [-0.4, -0.2) is 27.4 Å². The molecule has 6 nitrogen and oxygen atoms in total. The number of nitrogens with zero attached hydrogens (tertiary/aromatic N) is 3. The Morgan fingerprint density at radius 3 is 2.96 bits per heavy atom. The van der Waals surface area contributed by atoms with Gasteiger partial charge in [0.05, 0.1) is 0 Å². The third-order valence-electron chi connectivity index (χ3n) is 4.11. The molecule has 1 aliphatic carbocycles. The van der Waals surface area contributed by atoms with Crippen LogP contribution < -0.4 is 11.1 Å². The van der Waals surface area contributed by atoms with Crippen molar-refractivity contribution in [2.24, 2.45) is 18.7 Å². The number of carbonyl (C=O) groups excluding carboxylic acids is 1. The summed E-state index contributed by atoms with van der Waals surface area (Å²) in [5.74, 6) is 0.532. The average Bonchev–Trinajstić information content (AvgIpc) is 3.18. The molecular formula is C15H17Cl2N5O. The van der Waals surface area contributed by atoms with Crippen LogP contribution in [0.15, 0.2) is 18.2 Å². The first-order valence-corrected chi connectivity index (χ1v) is 8.08. The highest BCUT2D eigenvalue weighted by Gasteiger charge is 2.39. The molecule has 23 heavy (non-hydrogen) atoms. The smallest absolute Gasteiger partial charge is 0.271 e. The summed E-state index contributed by atoms with van der Waals surface area (Å²) in [5, 5.41) is 11.9. The molecule has 1 heterocycles. The number of hydrogen-bond acceptors (Lipinski definition) is 4. The van der Waals surface area contributed by atoms with Gasteiger partial charge in [0.2, 0.25) is 0 Å². The monoisotopic (exact) mass is 353 g/mol. The van der Waals surface area contributed by atoms with Crippen molar-refractivity contribution < 1.29 is 4.79 Å². The van der Waals surface area contributed by atoms with Gasteiger partial charge in [-0.1, -0.05) is 34.5 Å². The molecule has 0 bridgehead atoms. The standard InChI is InChI=1S/C15H17Cl2N5O/c1-22-14(13(6-18)20-21-22)15(23)19-7-8-4-11(8)10-3-2-9(16)5-12(10)17/h2-3,5,8,11H,4,6-7,18H2,1H3,(H,19,23)/t8-,11+/m0/s1. The van der Waals surface area contributed by atoms with E-state index in [0.29, 0.717) is 39.8 Å². The lowest BCUT2D eigenvalue weighted by Gasteiger charge is -2.07. The molecule has 1 aromatic carbocycles. The van der Waals surface area contributed by atoms with E-state index in [2.05, 4.69) is 15.6 Å². The maximum atomic E-state index is 12.3. The van der Waals surface area contributed by atoms with E-state index in [4.69, 9.17) is 28.9 Å². The van der Waals surface area contributed by atoms with Crippen LogP contribution in [0.3, 0.4) is 0 Å². The van der Waals surface area contributed by atoms with Gasteiger partial charge in [0.1, 0.15) is 5.69 Å². The molecule has 0 spiro atoms. The highest BCUT2D eigenvalue weighted by Crippen LogP contribution is 2.49. The van der Waals surface area contributed by atoms with Crippen LogP contribution in [0.1, 0.15) is 34.1 Å². The molecule has 1 saturated carbocycles. The molecule has 3 rings (SSSR count). The molecule has 1 fully saturated rings. The van der Waals surface area contributed by atoms with Gasteiger partial charge in [0.25, 0.3) is 5.91 Å². The second-order valence-electron chi connectivity index (χ2n) is 5.69. The van der Waals surface area contributed by atoms with E-state index in [9.17, 15) is 4.79 Å². The van der Waals surface area contributed by atoms with Crippen molar-refractivity contribution in [3.05, 3.63) is 45.2 Å². The SMILES string of the molecule is Cn1nnc(CN)c1C(=O)NC[C@@H]1C[C@H]1c1ccc(Cl)cc1Cl. The summed E-state index contributed by atoms with van der Waals surface area (Å²) in [5.41, 5.74) is 7.57. The Morgan fingerprint density at radius 1 is 1.48 bits per heavy atom. The Kier molecular flexibility index (Phi) is 4.57. The Labute approximate surface area is 143 Å². The molecule has 1 amide bonds. The van der Waals surface area contributed by atoms with Crippen LogP contribution in [0, 0.1) is 5.92 Å². The van der Waals surface area contributed by atoms with Crippen LogP contribution in [0.2, 0.25) is 10.0 Å². The van der Waals surface area contributed by atoms with Crippen LogP contribution in [-0.2, 0) is 13.6 Å². The first-order chi connectivity index (χ1) is 11.0. The summed E-state index contributed by atoms with van der Waals surface area (Å²) in [6.07, 6.45) is 0.995. The number of halogens is 2. The highest BCUT2D eigenvalue weighted by atomic mass is 35.5. The maximum absolute atomic E-state index is 12.3. The predicted molar refractivity (Wildman–Crippen MR) is 88.5 cm³/mol. The van der Waals surface area contributed by atoms with Crippen molar-refractivity contribution in [2.45, 2.75) is 18.9 Å². The summed E-state index contributed by atoms with van der Waals surface area (Å²) in [7, 11) is 1.68. The number of amides is 1. The highest BCUT2D eigenvalue weighted by molar-refractivity contribution is 6.35. The van der Waals surface area contributed by atoms with Crippen molar-refractivity contribution in [2.75, 3.05) is 6.54 Å². The number of aromatic nitrogens is 3. The normalized spacial score (nSPS) is 19.7. The molecule has 8 heteroatoms. The Hall–Kier alpha value is -1.63. The summed E-state index contributed by atoms with van der Waals surface area (Å²) >= 11 is 12.1. The largest absolute Gasteiger partial charge is 0.350 e. The fraction of sp³-hybridized carbons (Fsp3) is 0.400. The Balaban J connectivity index is 1.60. The van der Waals surface area contributed by atoms with Crippen LogP contribution in [0.5, 0.6) is 0 Å². The molecule has 1 aromatic heterocycles. The number of benzene rings is 1. The second-order valence-corrected chi connectivity index (χ2v) is 6.53. The van der Waals surface area contributed by atoms with Crippen molar-refractivity contribution >= 4 is 29.1 Å². The first-order valence-electron chi connectivity index (χ1n) is 7.33. The van der Waals surface area contributed by atoms with Crippen LogP contribution in [0.4, 0.5) is 0 Å². The Bertz CT molecular complexity index is 745. The third-order valence-corrected chi connectivity index (χ3v) is 4.68. The first kappa shape index (κ1) is 16.2. The molecule has 2 atom stereocenters. The predicted octanol–water partition coefficient (Wildman–Crippen LogP) is 2.11. The van der Waals surface area contributed by atoms with Gasteiger partial charge in [-0.3, -0.25) is 4.79 Å². The van der Waals surface area contributed by atoms with E-state index in [1.54, 1.807) is 13.1 Å². The number of hydrogen-bond donors (Lipinski definition) is 2. The lowest BCUT2D eigenvalue weighted by atomic mass is 10.1. The number of rotatable bonds is 5. The van der Waals surface area contributed by atoms with Gasteiger partial charge in [0.15, 0.2) is 5.69 Å². The van der Waals surface area contributed by atoms with Gasteiger partial charge in [-0.25, -0.2) is 4.68 Å². The van der Waals surface area contributed by atoms with E-state index in [-0.39, 0.29) is 12.5 Å². The zero-order valence-corrected chi connectivity index (χ0v) is 14.1. The Morgan fingerprint density at radius 2 is 2.26 bits per heavy atom. The summed E-state index contributed by atoms with van der Waals surface area (Å²) in [6.45, 7) is 0.765. The quantitative estimate of drug-likeness (QED) is 0.861. The molecule has 0 unspecified atom stereocenters. The van der Waals surface area contributed by atoms with Gasteiger partial charge in [-0.05, 0) is 36.0 Å². The minimum Gasteiger partial charge on any atom is -0.350 e.